The standard InChI is InChI=1S/C16H26N4O11/c1-6(22)12(16(30)31)20-15(29)9(5-21)19-14(28)8(2-3-10(23)24)18-13(27)7(17)4-11(25)26/h6-9,12,21-22H,2-5,17H2,1H3,(H,18,27)(H,19,28)(H,20,29)(H,23,24)(H,25,26)(H,30,31). The van der Waals surface area contributed by atoms with Crippen molar-refractivity contribution in [1.82, 2.24) is 16.0 Å². The van der Waals surface area contributed by atoms with Crippen LogP contribution in [0.4, 0.5) is 0 Å². The maximum absolute atomic E-state index is 12.4. The molecule has 5 atom stereocenters. The van der Waals surface area contributed by atoms with Gasteiger partial charge in [-0.3, -0.25) is 24.0 Å². The third kappa shape index (κ3) is 10.3. The lowest BCUT2D eigenvalue weighted by Crippen LogP contribution is -2.59. The van der Waals surface area contributed by atoms with Crippen molar-refractivity contribution in [3.63, 3.8) is 0 Å². The normalized spacial score (nSPS) is 15.5. The molecule has 0 aliphatic carbocycles. The van der Waals surface area contributed by atoms with Crippen molar-refractivity contribution < 1.29 is 54.3 Å². The summed E-state index contributed by atoms with van der Waals surface area (Å²) in [6.07, 6.45) is -3.32. The van der Waals surface area contributed by atoms with Crippen molar-refractivity contribution in [3.8, 4) is 0 Å². The molecule has 0 bridgehead atoms. The Morgan fingerprint density at radius 2 is 1.35 bits per heavy atom. The number of carboxylic acids is 3. The minimum absolute atomic E-state index is 0.460. The van der Waals surface area contributed by atoms with E-state index in [0.717, 1.165) is 6.92 Å². The molecule has 0 saturated heterocycles. The van der Waals surface area contributed by atoms with Gasteiger partial charge in [0.15, 0.2) is 6.04 Å². The van der Waals surface area contributed by atoms with E-state index in [-0.39, 0.29) is 0 Å². The number of rotatable bonds is 14. The molecule has 15 nitrogen and oxygen atoms in total. The molecule has 0 aromatic rings. The molecule has 5 unspecified atom stereocenters. The summed E-state index contributed by atoms with van der Waals surface area (Å²) in [6, 6.07) is -6.55. The number of carboxylic acid groups (broad SMARTS) is 3. The Bertz CT molecular complexity index is 697. The first-order valence-corrected chi connectivity index (χ1v) is 8.92. The molecule has 10 N–H and O–H groups in total. The van der Waals surface area contributed by atoms with Gasteiger partial charge in [0.2, 0.25) is 17.7 Å². The second-order valence-corrected chi connectivity index (χ2v) is 6.51. The average molecular weight is 450 g/mol. The van der Waals surface area contributed by atoms with Crippen LogP contribution in [0, 0.1) is 0 Å². The zero-order valence-corrected chi connectivity index (χ0v) is 16.5. The predicted molar refractivity (Wildman–Crippen MR) is 99.3 cm³/mol. The van der Waals surface area contributed by atoms with E-state index in [1.165, 1.54) is 0 Å². The quantitative estimate of drug-likeness (QED) is 0.121. The Labute approximate surface area is 175 Å². The van der Waals surface area contributed by atoms with Crippen molar-refractivity contribution in [2.24, 2.45) is 5.73 Å². The fourth-order valence-corrected chi connectivity index (χ4v) is 2.21. The number of aliphatic carboxylic acids is 3. The molecule has 0 fully saturated rings. The van der Waals surface area contributed by atoms with Crippen LogP contribution < -0.4 is 21.7 Å². The van der Waals surface area contributed by atoms with Gasteiger partial charge in [-0.15, -0.1) is 0 Å². The molecule has 0 aromatic heterocycles. The van der Waals surface area contributed by atoms with Crippen molar-refractivity contribution in [2.75, 3.05) is 6.61 Å². The van der Waals surface area contributed by atoms with Crippen LogP contribution in [0.1, 0.15) is 26.2 Å². The second-order valence-electron chi connectivity index (χ2n) is 6.51. The molecule has 0 radical (unpaired) electrons. The second kappa shape index (κ2) is 13.1. The molecule has 31 heavy (non-hydrogen) atoms. The van der Waals surface area contributed by atoms with Gasteiger partial charge < -0.3 is 47.2 Å². The third-order valence-corrected chi connectivity index (χ3v) is 3.87. The van der Waals surface area contributed by atoms with E-state index in [9.17, 15) is 39.0 Å². The first kappa shape index (κ1) is 27.7. The van der Waals surface area contributed by atoms with Crippen molar-refractivity contribution in [2.45, 2.75) is 56.5 Å². The number of carbonyl (C=O) groups is 6. The predicted octanol–water partition coefficient (Wildman–Crippen LogP) is -4.43. The van der Waals surface area contributed by atoms with Crippen molar-refractivity contribution >= 4 is 35.6 Å². The molecule has 0 aliphatic rings. The highest BCUT2D eigenvalue weighted by atomic mass is 16.4. The first-order chi connectivity index (χ1) is 14.3. The zero-order valence-electron chi connectivity index (χ0n) is 16.5. The molecule has 176 valence electrons. The van der Waals surface area contributed by atoms with Gasteiger partial charge >= 0.3 is 17.9 Å². The summed E-state index contributed by atoms with van der Waals surface area (Å²) in [5.74, 6) is -7.65. The summed E-state index contributed by atoms with van der Waals surface area (Å²) in [7, 11) is 0. The van der Waals surface area contributed by atoms with Crippen LogP contribution in [0.25, 0.3) is 0 Å². The molecular weight excluding hydrogens is 424 g/mol. The van der Waals surface area contributed by atoms with E-state index < -0.39 is 91.8 Å². The summed E-state index contributed by atoms with van der Waals surface area (Å²) in [6.45, 7) is 0.0886. The monoisotopic (exact) mass is 450 g/mol. The van der Waals surface area contributed by atoms with Crippen LogP contribution in [-0.4, -0.2) is 98.0 Å². The Morgan fingerprint density at radius 3 is 1.77 bits per heavy atom. The van der Waals surface area contributed by atoms with Gasteiger partial charge in [-0.1, -0.05) is 0 Å². The summed E-state index contributed by atoms with van der Waals surface area (Å²) in [4.78, 5) is 69.0. The fourth-order valence-electron chi connectivity index (χ4n) is 2.21. The number of hydrogen-bond donors (Lipinski definition) is 9. The van der Waals surface area contributed by atoms with Crippen LogP contribution >= 0.6 is 0 Å². The molecule has 0 aliphatic heterocycles. The van der Waals surface area contributed by atoms with Crippen LogP contribution in [0.15, 0.2) is 0 Å². The molecular formula is C16H26N4O11. The fraction of sp³-hybridized carbons (Fsp3) is 0.625. The lowest BCUT2D eigenvalue weighted by molar-refractivity contribution is -0.145. The highest BCUT2D eigenvalue weighted by Crippen LogP contribution is 2.02. The Hall–Kier alpha value is -3.30. The number of aliphatic hydroxyl groups excluding tert-OH is 2. The minimum Gasteiger partial charge on any atom is -0.481 e. The minimum atomic E-state index is -1.74. The van der Waals surface area contributed by atoms with Crippen molar-refractivity contribution in [1.29, 1.82) is 0 Å². The number of nitrogens with one attached hydrogen (secondary N) is 3. The summed E-state index contributed by atoms with van der Waals surface area (Å²) < 4.78 is 0. The van der Waals surface area contributed by atoms with Crippen molar-refractivity contribution in [3.05, 3.63) is 0 Å². The van der Waals surface area contributed by atoms with Crippen LogP contribution in [0.3, 0.4) is 0 Å². The lowest BCUT2D eigenvalue weighted by Gasteiger charge is -2.24. The molecule has 15 heteroatoms. The van der Waals surface area contributed by atoms with Gasteiger partial charge in [-0.25, -0.2) is 4.79 Å². The van der Waals surface area contributed by atoms with Crippen LogP contribution in [0.5, 0.6) is 0 Å². The third-order valence-electron chi connectivity index (χ3n) is 3.87. The van der Waals surface area contributed by atoms with Gasteiger partial charge in [0.05, 0.1) is 25.2 Å². The van der Waals surface area contributed by atoms with Crippen LogP contribution in [0.2, 0.25) is 0 Å². The Morgan fingerprint density at radius 1 is 0.839 bits per heavy atom. The number of amides is 3. The smallest absolute Gasteiger partial charge is 0.328 e. The number of aliphatic hydroxyl groups is 2. The Kier molecular flexibility index (Phi) is 11.7. The van der Waals surface area contributed by atoms with E-state index in [2.05, 4.69) is 5.32 Å². The van der Waals surface area contributed by atoms with E-state index in [1.807, 2.05) is 10.6 Å². The molecule has 0 spiro atoms. The first-order valence-electron chi connectivity index (χ1n) is 8.92. The van der Waals surface area contributed by atoms with Gasteiger partial charge in [0, 0.05) is 6.42 Å². The maximum Gasteiger partial charge on any atom is 0.328 e. The van der Waals surface area contributed by atoms with Gasteiger partial charge in [-0.2, -0.15) is 0 Å². The molecule has 0 aromatic carbocycles. The van der Waals surface area contributed by atoms with Crippen LogP contribution in [-0.2, 0) is 28.8 Å². The Balaban J connectivity index is 5.32. The van der Waals surface area contributed by atoms with Gasteiger partial charge in [0.25, 0.3) is 0 Å². The summed E-state index contributed by atoms with van der Waals surface area (Å²) in [5.41, 5.74) is 5.39. The number of hydrogen-bond acceptors (Lipinski definition) is 9. The van der Waals surface area contributed by atoms with E-state index in [0.29, 0.717) is 0 Å². The lowest BCUT2D eigenvalue weighted by atomic mass is 10.1. The summed E-state index contributed by atoms with van der Waals surface area (Å²) in [5, 5.41) is 51.2. The molecule has 0 heterocycles. The van der Waals surface area contributed by atoms with E-state index in [4.69, 9.17) is 21.1 Å². The molecule has 0 rings (SSSR count). The SMILES string of the molecule is CC(O)C(NC(=O)C(CO)NC(=O)C(CCC(=O)O)NC(=O)C(N)CC(=O)O)C(=O)O. The van der Waals surface area contributed by atoms with Gasteiger partial charge in [-0.05, 0) is 13.3 Å². The number of carbonyl (C=O) groups excluding carboxylic acids is 3. The number of nitrogens with two attached hydrogens (primary N) is 1. The molecule has 3 amide bonds. The summed E-state index contributed by atoms with van der Waals surface area (Å²) >= 11 is 0. The van der Waals surface area contributed by atoms with E-state index >= 15 is 0 Å². The van der Waals surface area contributed by atoms with Gasteiger partial charge in [0.1, 0.15) is 12.1 Å². The maximum atomic E-state index is 12.4. The molecule has 0 saturated carbocycles. The highest BCUT2D eigenvalue weighted by molar-refractivity contribution is 5.95. The highest BCUT2D eigenvalue weighted by Gasteiger charge is 2.32. The zero-order chi connectivity index (χ0) is 24.3. The average Bonchev–Trinajstić information content (AvgIpc) is 2.65. The topological polar surface area (TPSA) is 266 Å². The largest absolute Gasteiger partial charge is 0.481 e. The van der Waals surface area contributed by atoms with E-state index in [1.54, 1.807) is 0 Å².